The molecule has 20 heavy (non-hydrogen) atoms. The third kappa shape index (κ3) is 3.27. The number of hydrogen-bond donors (Lipinski definition) is 2. The van der Waals surface area contributed by atoms with E-state index in [1.54, 1.807) is 13.8 Å². The van der Waals surface area contributed by atoms with Crippen LogP contribution in [0.15, 0.2) is 0 Å². The number of rotatable bonds is 7. The van der Waals surface area contributed by atoms with Crippen molar-refractivity contribution in [2.24, 2.45) is 0 Å². The molecule has 0 radical (unpaired) electrons. The monoisotopic (exact) mass is 283 g/mol. The first-order chi connectivity index (χ1) is 9.31. The highest BCUT2D eigenvalue weighted by molar-refractivity contribution is 6.06. The minimum Gasteiger partial charge on any atom is -0.481 e. The topological polar surface area (TPSA) is 90.0 Å². The van der Waals surface area contributed by atoms with E-state index in [0.717, 1.165) is 12.8 Å². The van der Waals surface area contributed by atoms with Crippen molar-refractivity contribution in [2.45, 2.75) is 44.7 Å². The fraction of sp³-hybridized carbons (Fsp3) is 0.769. The average molecular weight is 283 g/mol. The Labute approximate surface area is 117 Å². The zero-order valence-corrected chi connectivity index (χ0v) is 11.9. The van der Waals surface area contributed by atoms with Gasteiger partial charge in [0.15, 0.2) is 0 Å². The Kier molecular flexibility index (Phi) is 3.99. The van der Waals surface area contributed by atoms with Gasteiger partial charge in [0, 0.05) is 25.7 Å². The Morgan fingerprint density at radius 1 is 1.40 bits per heavy atom. The van der Waals surface area contributed by atoms with E-state index in [9.17, 15) is 14.4 Å². The van der Waals surface area contributed by atoms with Gasteiger partial charge in [0.25, 0.3) is 5.91 Å². The summed E-state index contributed by atoms with van der Waals surface area (Å²) < 4.78 is 0. The minimum absolute atomic E-state index is 0.0855. The Morgan fingerprint density at radius 2 is 2.05 bits per heavy atom. The smallest absolute Gasteiger partial charge is 0.325 e. The number of carboxylic acids is 1. The highest BCUT2D eigenvalue weighted by atomic mass is 16.4. The molecule has 2 rings (SSSR count). The van der Waals surface area contributed by atoms with Gasteiger partial charge in [-0.3, -0.25) is 19.4 Å². The van der Waals surface area contributed by atoms with Crippen LogP contribution < -0.4 is 5.32 Å². The van der Waals surface area contributed by atoms with Crippen molar-refractivity contribution in [1.82, 2.24) is 15.1 Å². The summed E-state index contributed by atoms with van der Waals surface area (Å²) in [6, 6.07) is 0.0390. The Balaban J connectivity index is 1.88. The molecule has 1 saturated carbocycles. The maximum absolute atomic E-state index is 12.0. The van der Waals surface area contributed by atoms with E-state index in [4.69, 9.17) is 5.11 Å². The minimum atomic E-state index is -0.845. The number of hydrogen-bond acceptors (Lipinski definition) is 4. The van der Waals surface area contributed by atoms with Gasteiger partial charge in [0.05, 0.1) is 6.42 Å². The van der Waals surface area contributed by atoms with E-state index in [0.29, 0.717) is 25.7 Å². The van der Waals surface area contributed by atoms with E-state index in [-0.39, 0.29) is 18.4 Å². The van der Waals surface area contributed by atoms with Gasteiger partial charge in [-0.25, -0.2) is 4.79 Å². The Morgan fingerprint density at radius 3 is 2.50 bits per heavy atom. The second-order valence-corrected chi connectivity index (χ2v) is 5.92. The van der Waals surface area contributed by atoms with Crippen LogP contribution in [-0.2, 0) is 9.59 Å². The summed E-state index contributed by atoms with van der Waals surface area (Å²) >= 11 is 0. The van der Waals surface area contributed by atoms with Gasteiger partial charge in [0.1, 0.15) is 5.54 Å². The third-order valence-corrected chi connectivity index (χ3v) is 3.73. The molecule has 0 aromatic rings. The van der Waals surface area contributed by atoms with Crippen LogP contribution in [-0.4, -0.2) is 64.0 Å². The fourth-order valence-electron chi connectivity index (χ4n) is 2.41. The predicted octanol–water partition coefficient (Wildman–Crippen LogP) is 0.256. The molecule has 0 aromatic carbocycles. The molecular formula is C13H21N3O4. The number of carboxylic acid groups (broad SMARTS) is 1. The second kappa shape index (κ2) is 5.40. The number of imide groups is 1. The number of nitrogens with zero attached hydrogens (tertiary/aromatic N) is 2. The van der Waals surface area contributed by atoms with Crippen LogP contribution in [0.25, 0.3) is 0 Å². The number of amides is 3. The van der Waals surface area contributed by atoms with Crippen LogP contribution in [0.2, 0.25) is 0 Å². The van der Waals surface area contributed by atoms with Crippen LogP contribution in [0.1, 0.15) is 33.1 Å². The molecule has 1 aliphatic carbocycles. The summed E-state index contributed by atoms with van der Waals surface area (Å²) in [6.45, 7) is 4.66. The lowest BCUT2D eigenvalue weighted by molar-refractivity contribution is -0.137. The molecular weight excluding hydrogens is 262 g/mol. The molecule has 0 bridgehead atoms. The first-order valence-electron chi connectivity index (χ1n) is 6.91. The molecule has 0 aromatic heterocycles. The lowest BCUT2D eigenvalue weighted by Gasteiger charge is -2.23. The molecule has 0 atom stereocenters. The van der Waals surface area contributed by atoms with Crippen molar-refractivity contribution in [2.75, 3.05) is 19.6 Å². The molecule has 1 saturated heterocycles. The summed E-state index contributed by atoms with van der Waals surface area (Å²) in [5, 5.41) is 11.4. The number of carbonyl (C=O) groups is 3. The molecule has 3 amide bonds. The van der Waals surface area contributed by atoms with E-state index >= 15 is 0 Å². The lowest BCUT2D eigenvalue weighted by Crippen LogP contribution is -2.42. The van der Waals surface area contributed by atoms with Crippen molar-refractivity contribution >= 4 is 17.9 Å². The average Bonchev–Trinajstić information content (AvgIpc) is 3.12. The van der Waals surface area contributed by atoms with Gasteiger partial charge >= 0.3 is 12.0 Å². The zero-order valence-electron chi connectivity index (χ0n) is 11.9. The van der Waals surface area contributed by atoms with Crippen molar-refractivity contribution in [3.63, 3.8) is 0 Å². The fourth-order valence-corrected chi connectivity index (χ4v) is 2.41. The van der Waals surface area contributed by atoms with Crippen molar-refractivity contribution in [3.8, 4) is 0 Å². The molecule has 0 spiro atoms. The van der Waals surface area contributed by atoms with Crippen molar-refractivity contribution in [3.05, 3.63) is 0 Å². The number of carbonyl (C=O) groups excluding carboxylic acids is 2. The lowest BCUT2D eigenvalue weighted by atomic mass is 10.1. The van der Waals surface area contributed by atoms with Crippen LogP contribution in [0.5, 0.6) is 0 Å². The molecule has 7 heteroatoms. The molecule has 2 aliphatic rings. The first-order valence-corrected chi connectivity index (χ1v) is 6.91. The van der Waals surface area contributed by atoms with Gasteiger partial charge in [-0.1, -0.05) is 0 Å². The highest BCUT2D eigenvalue weighted by Gasteiger charge is 2.44. The van der Waals surface area contributed by atoms with Crippen LogP contribution in [0, 0.1) is 0 Å². The van der Waals surface area contributed by atoms with E-state index in [1.807, 2.05) is 0 Å². The third-order valence-electron chi connectivity index (χ3n) is 3.73. The first kappa shape index (κ1) is 14.8. The van der Waals surface area contributed by atoms with Crippen LogP contribution in [0.4, 0.5) is 4.79 Å². The largest absolute Gasteiger partial charge is 0.481 e. The van der Waals surface area contributed by atoms with E-state index in [1.165, 1.54) is 4.90 Å². The molecule has 0 unspecified atom stereocenters. The second-order valence-electron chi connectivity index (χ2n) is 5.92. The van der Waals surface area contributed by atoms with E-state index < -0.39 is 11.5 Å². The van der Waals surface area contributed by atoms with Gasteiger partial charge in [-0.15, -0.1) is 0 Å². The predicted molar refractivity (Wildman–Crippen MR) is 71.2 cm³/mol. The Bertz CT molecular complexity index is 431. The summed E-state index contributed by atoms with van der Waals surface area (Å²) in [7, 11) is 0. The van der Waals surface area contributed by atoms with Gasteiger partial charge < -0.3 is 10.4 Å². The van der Waals surface area contributed by atoms with Crippen LogP contribution >= 0.6 is 0 Å². The number of nitrogens with one attached hydrogen (secondary N) is 1. The maximum Gasteiger partial charge on any atom is 0.325 e. The summed E-state index contributed by atoms with van der Waals surface area (Å²) in [6.07, 6.45) is 2.21. The molecule has 7 nitrogen and oxygen atoms in total. The van der Waals surface area contributed by atoms with Gasteiger partial charge in [-0.2, -0.15) is 0 Å². The summed E-state index contributed by atoms with van der Waals surface area (Å²) in [4.78, 5) is 37.7. The highest BCUT2D eigenvalue weighted by Crippen LogP contribution is 2.27. The SMILES string of the molecule is CC1(C)NC(=O)N(CCN(CCC(=O)O)C2CC2)C1=O. The van der Waals surface area contributed by atoms with Gasteiger partial charge in [0.2, 0.25) is 0 Å². The maximum atomic E-state index is 12.0. The molecule has 112 valence electrons. The quantitative estimate of drug-likeness (QED) is 0.654. The summed E-state index contributed by atoms with van der Waals surface area (Å²) in [5.41, 5.74) is -0.845. The van der Waals surface area contributed by atoms with Gasteiger partial charge in [-0.05, 0) is 26.7 Å². The normalized spacial score (nSPS) is 21.4. The van der Waals surface area contributed by atoms with Crippen LogP contribution in [0.3, 0.4) is 0 Å². The standard InChI is InChI=1S/C13H21N3O4/c1-13(2)11(19)16(12(20)14-13)8-7-15(9-3-4-9)6-5-10(17)18/h9H,3-8H2,1-2H3,(H,14,20)(H,17,18). The molecule has 2 N–H and O–H groups in total. The van der Waals surface area contributed by atoms with E-state index in [2.05, 4.69) is 10.2 Å². The Hall–Kier alpha value is -1.63. The van der Waals surface area contributed by atoms with Crippen molar-refractivity contribution in [1.29, 1.82) is 0 Å². The zero-order chi connectivity index (χ0) is 14.9. The number of aliphatic carboxylic acids is 1. The molecule has 1 heterocycles. The molecule has 1 aliphatic heterocycles. The molecule has 2 fully saturated rings. The number of urea groups is 1. The summed E-state index contributed by atoms with van der Waals surface area (Å²) in [5.74, 6) is -1.05. The van der Waals surface area contributed by atoms with Crippen molar-refractivity contribution < 1.29 is 19.5 Å².